The molecule has 76 valence electrons. The SMILES string of the molecule is CC(=O)O.O=[PH](O)O.c1cscn1. The van der Waals surface area contributed by atoms with E-state index >= 15 is 0 Å². The normalized spacial score (nSPS) is 7.69. The van der Waals surface area contributed by atoms with Crippen molar-refractivity contribution < 1.29 is 24.3 Å². The zero-order chi connectivity index (χ0) is 10.7. The number of nitrogens with zero attached hydrogens (tertiary/aromatic N) is 1. The summed E-state index contributed by atoms with van der Waals surface area (Å²) in [6.45, 7) is 1.08. The quantitative estimate of drug-likeness (QED) is 0.560. The molecule has 13 heavy (non-hydrogen) atoms. The zero-order valence-electron chi connectivity index (χ0n) is 6.75. The highest BCUT2D eigenvalue weighted by Crippen LogP contribution is 1.98. The molecule has 0 atom stereocenters. The lowest BCUT2D eigenvalue weighted by atomic mass is 10.9. The number of aliphatic carboxylic acids is 1. The topological polar surface area (TPSA) is 108 Å². The van der Waals surface area contributed by atoms with Gasteiger partial charge >= 0.3 is 8.25 Å². The Balaban J connectivity index is 0. The molecule has 0 radical (unpaired) electrons. The van der Waals surface area contributed by atoms with Crippen molar-refractivity contribution in [1.82, 2.24) is 4.98 Å². The Labute approximate surface area is 79.5 Å². The highest BCUT2D eigenvalue weighted by molar-refractivity contribution is 7.30. The summed E-state index contributed by atoms with van der Waals surface area (Å²) in [6, 6.07) is 0. The molecule has 1 heterocycles. The number of carbonyl (C=O) groups is 1. The number of carboxylic acids is 1. The van der Waals surface area contributed by atoms with Gasteiger partial charge in [0.05, 0.1) is 5.51 Å². The minimum absolute atomic E-state index is 0.833. The fourth-order valence-corrected chi connectivity index (χ4v) is 0.527. The number of aromatic nitrogens is 1. The summed E-state index contributed by atoms with van der Waals surface area (Å²) in [5.74, 6) is -0.833. The molecule has 0 saturated carbocycles. The van der Waals surface area contributed by atoms with Crippen molar-refractivity contribution in [2.75, 3.05) is 0 Å². The molecule has 0 unspecified atom stereocenters. The van der Waals surface area contributed by atoms with Crippen molar-refractivity contribution >= 4 is 25.6 Å². The summed E-state index contributed by atoms with van der Waals surface area (Å²) >= 11 is 1.60. The van der Waals surface area contributed by atoms with E-state index in [4.69, 9.17) is 24.3 Å². The van der Waals surface area contributed by atoms with Gasteiger partial charge in [0.1, 0.15) is 0 Å². The van der Waals surface area contributed by atoms with Gasteiger partial charge in [-0.1, -0.05) is 0 Å². The standard InChI is InChI=1S/C3H3NS.C2H4O2.H3O3P/c1-2-5-3-4-1;1-2(3)4;1-4(2)3/h1-3H;1H3,(H,3,4);4H,(H2,1,2,3). The second kappa shape index (κ2) is 11.2. The molecule has 1 aromatic heterocycles. The third-order valence-electron chi connectivity index (χ3n) is 0.347. The lowest BCUT2D eigenvalue weighted by molar-refractivity contribution is -0.134. The molecule has 0 saturated heterocycles. The van der Waals surface area contributed by atoms with Crippen LogP contribution in [0.1, 0.15) is 6.92 Å². The largest absolute Gasteiger partial charge is 0.481 e. The number of hydrogen-bond acceptors (Lipinski definition) is 4. The van der Waals surface area contributed by atoms with Crippen LogP contribution in [-0.2, 0) is 9.36 Å². The van der Waals surface area contributed by atoms with Crippen LogP contribution >= 0.6 is 19.6 Å². The summed E-state index contributed by atoms with van der Waals surface area (Å²) in [6.07, 6.45) is 1.77. The zero-order valence-corrected chi connectivity index (χ0v) is 8.56. The maximum atomic E-state index is 9.00. The van der Waals surface area contributed by atoms with E-state index in [1.165, 1.54) is 0 Å². The van der Waals surface area contributed by atoms with E-state index in [1.807, 2.05) is 5.38 Å². The Morgan fingerprint density at radius 2 is 1.92 bits per heavy atom. The van der Waals surface area contributed by atoms with E-state index in [0.717, 1.165) is 6.92 Å². The van der Waals surface area contributed by atoms with Crippen molar-refractivity contribution in [2.24, 2.45) is 0 Å². The van der Waals surface area contributed by atoms with Gasteiger partial charge < -0.3 is 14.9 Å². The summed E-state index contributed by atoms with van der Waals surface area (Å²) in [4.78, 5) is 27.1. The summed E-state index contributed by atoms with van der Waals surface area (Å²) in [7, 11) is -3.13. The average Bonchev–Trinajstić information content (AvgIpc) is 2.35. The molecule has 0 amide bonds. The van der Waals surface area contributed by atoms with Crippen LogP contribution in [0.4, 0.5) is 0 Å². The fourth-order valence-electron chi connectivity index (χ4n) is 0.176. The van der Waals surface area contributed by atoms with Crippen LogP contribution in [0.15, 0.2) is 17.1 Å². The van der Waals surface area contributed by atoms with Gasteiger partial charge in [-0.05, 0) is 0 Å². The van der Waals surface area contributed by atoms with E-state index in [0.29, 0.717) is 0 Å². The number of hydrogen-bond donors (Lipinski definition) is 3. The smallest absolute Gasteiger partial charge is 0.314 e. The van der Waals surface area contributed by atoms with E-state index in [-0.39, 0.29) is 0 Å². The Morgan fingerprint density at radius 3 is 2.00 bits per heavy atom. The van der Waals surface area contributed by atoms with E-state index < -0.39 is 14.2 Å². The van der Waals surface area contributed by atoms with Gasteiger partial charge in [-0.15, -0.1) is 11.3 Å². The maximum Gasteiger partial charge on any atom is 0.314 e. The van der Waals surface area contributed by atoms with Gasteiger partial charge in [0, 0.05) is 18.5 Å². The highest BCUT2D eigenvalue weighted by atomic mass is 32.1. The van der Waals surface area contributed by atoms with Crippen LogP contribution in [-0.4, -0.2) is 25.8 Å². The molecule has 3 N–H and O–H groups in total. The molecule has 0 fully saturated rings. The van der Waals surface area contributed by atoms with Crippen LogP contribution in [0, 0.1) is 0 Å². The fraction of sp³-hybridized carbons (Fsp3) is 0.200. The molecule has 0 bridgehead atoms. The first-order valence-corrected chi connectivity index (χ1v) is 5.15. The molecule has 1 aromatic rings. The predicted molar refractivity (Wildman–Crippen MR) is 48.9 cm³/mol. The number of carboxylic acid groups (broad SMARTS) is 1. The van der Waals surface area contributed by atoms with Crippen LogP contribution in [0.25, 0.3) is 0 Å². The Hall–Kier alpha value is -0.750. The lowest BCUT2D eigenvalue weighted by Gasteiger charge is -1.61. The molecule has 0 aliphatic carbocycles. The molecular formula is C5H10NO5PS. The maximum absolute atomic E-state index is 9.00. The van der Waals surface area contributed by atoms with Gasteiger partial charge in [-0.3, -0.25) is 14.3 Å². The summed E-state index contributed by atoms with van der Waals surface area (Å²) in [5, 5.41) is 9.35. The van der Waals surface area contributed by atoms with Gasteiger partial charge in [0.2, 0.25) is 0 Å². The number of rotatable bonds is 0. The van der Waals surface area contributed by atoms with Crippen molar-refractivity contribution in [3.05, 3.63) is 17.1 Å². The van der Waals surface area contributed by atoms with Crippen LogP contribution in [0.2, 0.25) is 0 Å². The van der Waals surface area contributed by atoms with Crippen molar-refractivity contribution in [2.45, 2.75) is 6.92 Å². The summed E-state index contributed by atoms with van der Waals surface area (Å²) in [5.41, 5.74) is 1.79. The molecule has 8 heteroatoms. The second-order valence-electron chi connectivity index (χ2n) is 1.48. The number of thiazole rings is 1. The van der Waals surface area contributed by atoms with Gasteiger partial charge in [0.25, 0.3) is 5.97 Å². The second-order valence-corrected chi connectivity index (χ2v) is 2.80. The molecule has 1 rings (SSSR count). The molecule has 0 aromatic carbocycles. The molecule has 0 spiro atoms. The van der Waals surface area contributed by atoms with E-state index in [9.17, 15) is 0 Å². The third kappa shape index (κ3) is 53.3. The third-order valence-corrected chi connectivity index (χ3v) is 0.869. The first kappa shape index (κ1) is 14.8. The molecule has 0 aliphatic rings. The van der Waals surface area contributed by atoms with Crippen molar-refractivity contribution in [3.63, 3.8) is 0 Å². The van der Waals surface area contributed by atoms with Crippen molar-refractivity contribution in [1.29, 1.82) is 0 Å². The van der Waals surface area contributed by atoms with Crippen LogP contribution in [0.5, 0.6) is 0 Å². The van der Waals surface area contributed by atoms with Gasteiger partial charge in [-0.25, -0.2) is 0 Å². The summed E-state index contributed by atoms with van der Waals surface area (Å²) < 4.78 is 8.74. The van der Waals surface area contributed by atoms with E-state index in [1.54, 1.807) is 23.0 Å². The van der Waals surface area contributed by atoms with Crippen LogP contribution < -0.4 is 0 Å². The van der Waals surface area contributed by atoms with Gasteiger partial charge in [0.15, 0.2) is 0 Å². The average molecular weight is 227 g/mol. The van der Waals surface area contributed by atoms with E-state index in [2.05, 4.69) is 4.98 Å². The highest BCUT2D eigenvalue weighted by Gasteiger charge is 1.65. The van der Waals surface area contributed by atoms with Crippen molar-refractivity contribution in [3.8, 4) is 0 Å². The first-order chi connectivity index (χ1) is 5.96. The van der Waals surface area contributed by atoms with Crippen LogP contribution in [0.3, 0.4) is 0 Å². The molecule has 6 nitrogen and oxygen atoms in total. The first-order valence-electron chi connectivity index (χ1n) is 2.90. The Bertz CT molecular complexity index is 190. The Kier molecular flexibility index (Phi) is 12.8. The lowest BCUT2D eigenvalue weighted by Crippen LogP contribution is -1.78. The van der Waals surface area contributed by atoms with Gasteiger partial charge in [-0.2, -0.15) is 0 Å². The molecule has 0 aliphatic heterocycles. The minimum atomic E-state index is -3.13. The monoisotopic (exact) mass is 227 g/mol. The predicted octanol–water partition coefficient (Wildman–Crippen LogP) is 0.595. The Morgan fingerprint density at radius 1 is 1.54 bits per heavy atom. The minimum Gasteiger partial charge on any atom is -0.481 e. The molecular weight excluding hydrogens is 217 g/mol.